The fourth-order valence-electron chi connectivity index (χ4n) is 3.01. The zero-order valence-electron chi connectivity index (χ0n) is 11.3. The number of benzene rings is 1. The van der Waals surface area contributed by atoms with Gasteiger partial charge in [-0.05, 0) is 30.9 Å². The van der Waals surface area contributed by atoms with Crippen molar-refractivity contribution in [3.05, 3.63) is 35.4 Å². The molecule has 0 aliphatic heterocycles. The van der Waals surface area contributed by atoms with Gasteiger partial charge in [0.25, 0.3) is 0 Å². The molecule has 1 aliphatic rings. The standard InChI is InChI=1S/C15H21F2NO/c1-19-15(8-3-2-4-9-15)13(18)10-11-6-5-7-12(16)14(11)17/h5-7,13H,2-4,8-10,18H2,1H3. The molecule has 0 spiro atoms. The van der Waals surface area contributed by atoms with Crippen LogP contribution in [0, 0.1) is 11.6 Å². The van der Waals surface area contributed by atoms with Gasteiger partial charge < -0.3 is 10.5 Å². The minimum Gasteiger partial charge on any atom is -0.377 e. The Morgan fingerprint density at radius 2 is 1.95 bits per heavy atom. The fraction of sp³-hybridized carbons (Fsp3) is 0.600. The highest BCUT2D eigenvalue weighted by Crippen LogP contribution is 2.34. The first kappa shape index (κ1) is 14.4. The van der Waals surface area contributed by atoms with E-state index in [1.54, 1.807) is 13.2 Å². The molecule has 1 aromatic carbocycles. The molecule has 106 valence electrons. The number of ether oxygens (including phenoxy) is 1. The van der Waals surface area contributed by atoms with Gasteiger partial charge in [0.1, 0.15) is 0 Å². The third-order valence-corrected chi connectivity index (χ3v) is 4.25. The molecule has 2 nitrogen and oxygen atoms in total. The van der Waals surface area contributed by atoms with E-state index in [0.717, 1.165) is 31.7 Å². The number of hydrogen-bond donors (Lipinski definition) is 1. The maximum atomic E-state index is 13.7. The lowest BCUT2D eigenvalue weighted by Gasteiger charge is -2.41. The Morgan fingerprint density at radius 3 is 2.58 bits per heavy atom. The molecular weight excluding hydrogens is 248 g/mol. The Bertz CT molecular complexity index is 430. The molecule has 2 rings (SSSR count). The van der Waals surface area contributed by atoms with Gasteiger partial charge in [-0.1, -0.05) is 31.4 Å². The van der Waals surface area contributed by atoms with Gasteiger partial charge in [-0.25, -0.2) is 8.78 Å². The zero-order chi connectivity index (χ0) is 13.9. The first-order chi connectivity index (χ1) is 9.09. The van der Waals surface area contributed by atoms with E-state index in [1.165, 1.54) is 12.5 Å². The first-order valence-corrected chi connectivity index (χ1v) is 6.83. The van der Waals surface area contributed by atoms with Crippen molar-refractivity contribution in [2.45, 2.75) is 50.2 Å². The first-order valence-electron chi connectivity index (χ1n) is 6.83. The molecular formula is C15H21F2NO. The molecule has 1 aromatic rings. The van der Waals surface area contributed by atoms with Crippen molar-refractivity contribution in [3.63, 3.8) is 0 Å². The zero-order valence-corrected chi connectivity index (χ0v) is 11.3. The van der Waals surface area contributed by atoms with Gasteiger partial charge in [0, 0.05) is 13.2 Å². The van der Waals surface area contributed by atoms with Crippen molar-refractivity contribution in [2.75, 3.05) is 7.11 Å². The van der Waals surface area contributed by atoms with Crippen molar-refractivity contribution in [3.8, 4) is 0 Å². The van der Waals surface area contributed by atoms with Gasteiger partial charge >= 0.3 is 0 Å². The van der Waals surface area contributed by atoms with Gasteiger partial charge in [0.05, 0.1) is 5.60 Å². The van der Waals surface area contributed by atoms with E-state index in [0.29, 0.717) is 12.0 Å². The van der Waals surface area contributed by atoms with Crippen LogP contribution in [0.2, 0.25) is 0 Å². The van der Waals surface area contributed by atoms with Gasteiger partial charge in [-0.3, -0.25) is 0 Å². The second-order valence-electron chi connectivity index (χ2n) is 5.35. The smallest absolute Gasteiger partial charge is 0.162 e. The summed E-state index contributed by atoms with van der Waals surface area (Å²) < 4.78 is 32.5. The number of halogens is 2. The van der Waals surface area contributed by atoms with Crippen molar-refractivity contribution >= 4 is 0 Å². The molecule has 1 aliphatic carbocycles. The number of nitrogens with two attached hydrogens (primary N) is 1. The maximum Gasteiger partial charge on any atom is 0.162 e. The quantitative estimate of drug-likeness (QED) is 0.911. The summed E-state index contributed by atoms with van der Waals surface area (Å²) in [5, 5.41) is 0. The normalized spacial score (nSPS) is 20.2. The Labute approximate surface area is 112 Å². The largest absolute Gasteiger partial charge is 0.377 e. The van der Waals surface area contributed by atoms with Crippen LogP contribution in [-0.2, 0) is 11.2 Å². The molecule has 0 radical (unpaired) electrons. The average Bonchev–Trinajstić information content (AvgIpc) is 2.44. The predicted octanol–water partition coefficient (Wildman–Crippen LogP) is 3.18. The summed E-state index contributed by atoms with van der Waals surface area (Å²) in [7, 11) is 1.66. The minimum atomic E-state index is -0.820. The topological polar surface area (TPSA) is 35.2 Å². The highest BCUT2D eigenvalue weighted by molar-refractivity contribution is 5.21. The lowest BCUT2D eigenvalue weighted by molar-refractivity contribution is -0.0584. The summed E-state index contributed by atoms with van der Waals surface area (Å²) in [6.07, 6.45) is 5.42. The molecule has 2 N–H and O–H groups in total. The third kappa shape index (κ3) is 2.95. The second-order valence-corrected chi connectivity index (χ2v) is 5.35. The van der Waals surface area contributed by atoms with Crippen LogP contribution >= 0.6 is 0 Å². The van der Waals surface area contributed by atoms with E-state index in [2.05, 4.69) is 0 Å². The third-order valence-electron chi connectivity index (χ3n) is 4.25. The Hall–Kier alpha value is -1.00. The minimum absolute atomic E-state index is 0.303. The summed E-state index contributed by atoms with van der Waals surface area (Å²) >= 11 is 0. The van der Waals surface area contributed by atoms with Crippen LogP contribution < -0.4 is 5.73 Å². The van der Waals surface area contributed by atoms with Gasteiger partial charge in [-0.15, -0.1) is 0 Å². The lowest BCUT2D eigenvalue weighted by atomic mass is 9.77. The van der Waals surface area contributed by atoms with Crippen LogP contribution in [0.1, 0.15) is 37.7 Å². The molecule has 1 saturated carbocycles. The van der Waals surface area contributed by atoms with E-state index in [4.69, 9.17) is 10.5 Å². The highest BCUT2D eigenvalue weighted by atomic mass is 19.2. The van der Waals surface area contributed by atoms with Crippen LogP contribution in [0.15, 0.2) is 18.2 Å². The summed E-state index contributed by atoms with van der Waals surface area (Å²) in [5.41, 5.74) is 6.17. The van der Waals surface area contributed by atoms with Crippen molar-refractivity contribution < 1.29 is 13.5 Å². The molecule has 1 unspecified atom stereocenters. The molecule has 0 bridgehead atoms. The summed E-state index contributed by atoms with van der Waals surface area (Å²) in [6, 6.07) is 3.91. The van der Waals surface area contributed by atoms with E-state index in [-0.39, 0.29) is 6.04 Å². The van der Waals surface area contributed by atoms with Crippen LogP contribution in [0.5, 0.6) is 0 Å². The van der Waals surface area contributed by atoms with Crippen molar-refractivity contribution in [1.82, 2.24) is 0 Å². The van der Waals surface area contributed by atoms with E-state index < -0.39 is 17.2 Å². The molecule has 0 aromatic heterocycles. The number of methoxy groups -OCH3 is 1. The maximum absolute atomic E-state index is 13.7. The van der Waals surface area contributed by atoms with E-state index in [9.17, 15) is 8.78 Å². The van der Waals surface area contributed by atoms with E-state index >= 15 is 0 Å². The van der Waals surface area contributed by atoms with Gasteiger partial charge in [0.2, 0.25) is 0 Å². The summed E-state index contributed by atoms with van der Waals surface area (Å²) in [4.78, 5) is 0. The SMILES string of the molecule is COC1(C(N)Cc2cccc(F)c2F)CCCCC1. The number of rotatable bonds is 4. The Morgan fingerprint density at radius 1 is 1.26 bits per heavy atom. The van der Waals surface area contributed by atoms with Gasteiger partial charge in [0.15, 0.2) is 11.6 Å². The molecule has 19 heavy (non-hydrogen) atoms. The summed E-state index contributed by atoms with van der Waals surface area (Å²) in [5.74, 6) is -1.61. The molecule has 4 heteroatoms. The van der Waals surface area contributed by atoms with Crippen LogP contribution in [0.25, 0.3) is 0 Å². The van der Waals surface area contributed by atoms with Crippen LogP contribution in [-0.4, -0.2) is 18.8 Å². The number of hydrogen-bond acceptors (Lipinski definition) is 2. The van der Waals surface area contributed by atoms with Gasteiger partial charge in [-0.2, -0.15) is 0 Å². The monoisotopic (exact) mass is 269 g/mol. The Balaban J connectivity index is 2.15. The lowest BCUT2D eigenvalue weighted by Crippen LogP contribution is -2.52. The molecule has 1 atom stereocenters. The van der Waals surface area contributed by atoms with E-state index in [1.807, 2.05) is 0 Å². The molecule has 0 heterocycles. The second kappa shape index (κ2) is 5.97. The molecule has 0 amide bonds. The fourth-order valence-corrected chi connectivity index (χ4v) is 3.01. The van der Waals surface area contributed by atoms with Crippen molar-refractivity contribution in [2.24, 2.45) is 5.73 Å². The molecule has 0 saturated heterocycles. The predicted molar refractivity (Wildman–Crippen MR) is 70.9 cm³/mol. The van der Waals surface area contributed by atoms with Crippen LogP contribution in [0.4, 0.5) is 8.78 Å². The highest BCUT2D eigenvalue weighted by Gasteiger charge is 2.38. The van der Waals surface area contributed by atoms with Crippen LogP contribution in [0.3, 0.4) is 0 Å². The summed E-state index contributed by atoms with van der Waals surface area (Å²) in [6.45, 7) is 0. The molecule has 1 fully saturated rings. The Kier molecular flexibility index (Phi) is 4.53. The average molecular weight is 269 g/mol. The van der Waals surface area contributed by atoms with Crippen molar-refractivity contribution in [1.29, 1.82) is 0 Å².